The fourth-order valence-corrected chi connectivity index (χ4v) is 3.99. The Morgan fingerprint density at radius 3 is 2.41 bits per heavy atom. The maximum atomic E-state index is 13.3. The molecule has 0 aliphatic heterocycles. The molecule has 2 aromatic heterocycles. The maximum absolute atomic E-state index is 13.3. The van der Waals surface area contributed by atoms with Crippen LogP contribution in [0.1, 0.15) is 30.9 Å². The number of aromatic nitrogens is 4. The molecule has 0 amide bonds. The average molecular weight is 469 g/mol. The van der Waals surface area contributed by atoms with Crippen molar-refractivity contribution in [2.75, 3.05) is 0 Å². The van der Waals surface area contributed by atoms with Crippen LogP contribution in [0.15, 0.2) is 71.0 Å². The van der Waals surface area contributed by atoms with Crippen molar-refractivity contribution in [1.29, 1.82) is 0 Å². The van der Waals surface area contributed by atoms with E-state index in [9.17, 15) is 9.59 Å². The van der Waals surface area contributed by atoms with Crippen LogP contribution < -0.4 is 11.2 Å². The summed E-state index contributed by atoms with van der Waals surface area (Å²) in [5.74, 6) is 0.362. The predicted molar refractivity (Wildman–Crippen MR) is 129 cm³/mol. The molecule has 0 bridgehead atoms. The highest BCUT2D eigenvalue weighted by Gasteiger charge is 2.19. The van der Waals surface area contributed by atoms with Gasteiger partial charge in [0, 0.05) is 13.1 Å². The molecule has 4 rings (SSSR count). The highest BCUT2D eigenvalue weighted by Crippen LogP contribution is 2.24. The third kappa shape index (κ3) is 3.92. The predicted octanol–water partition coefficient (Wildman–Crippen LogP) is 5.01. The third-order valence-corrected chi connectivity index (χ3v) is 6.11. The number of nitrogens with zero attached hydrogens (tertiary/aromatic N) is 4. The van der Waals surface area contributed by atoms with Gasteiger partial charge in [-0.3, -0.25) is 9.36 Å². The second kappa shape index (κ2) is 8.81. The number of fused-ring (bicyclic) bond motifs is 1. The Kier molecular flexibility index (Phi) is 6.09. The minimum atomic E-state index is -0.459. The van der Waals surface area contributed by atoms with Crippen LogP contribution in [-0.4, -0.2) is 18.7 Å². The van der Waals surface area contributed by atoms with Gasteiger partial charge in [-0.1, -0.05) is 61.3 Å². The second-order valence-corrected chi connectivity index (χ2v) is 8.68. The Morgan fingerprint density at radius 1 is 1.06 bits per heavy atom. The molecule has 0 aliphatic carbocycles. The van der Waals surface area contributed by atoms with Crippen LogP contribution in [-0.2, 0) is 13.1 Å². The molecule has 0 saturated heterocycles. The van der Waals surface area contributed by atoms with Gasteiger partial charge in [-0.05, 0) is 41.3 Å². The molecule has 6 nitrogen and oxygen atoms in total. The summed E-state index contributed by atoms with van der Waals surface area (Å²) in [6.45, 7) is 8.34. The van der Waals surface area contributed by atoms with Crippen molar-refractivity contribution in [2.24, 2.45) is 0 Å². The van der Waals surface area contributed by atoms with Crippen molar-refractivity contribution in [3.05, 3.63) is 103 Å². The van der Waals surface area contributed by atoms with E-state index in [-0.39, 0.29) is 6.54 Å². The Morgan fingerprint density at radius 2 is 1.78 bits per heavy atom. The number of hydrogen-bond donors (Lipinski definition) is 0. The Hall–Kier alpha value is -3.09. The number of allylic oxidation sites excluding steroid dienone is 1. The van der Waals surface area contributed by atoms with Crippen molar-refractivity contribution in [1.82, 2.24) is 18.7 Å². The SMILES string of the molecule is C=CCn1c(=O)c2c(ncn2Cc2ccc(Cl)c(Cl)c2)n(-c2ccc(C(C)C)cc2)c1=O. The van der Waals surface area contributed by atoms with Crippen LogP contribution in [0.2, 0.25) is 10.0 Å². The molecule has 0 atom stereocenters. The summed E-state index contributed by atoms with van der Waals surface area (Å²) >= 11 is 12.2. The summed E-state index contributed by atoms with van der Waals surface area (Å²) < 4.78 is 4.35. The second-order valence-electron chi connectivity index (χ2n) is 7.86. The molecule has 0 fully saturated rings. The maximum Gasteiger partial charge on any atom is 0.337 e. The number of rotatable bonds is 6. The van der Waals surface area contributed by atoms with Crippen molar-refractivity contribution in [3.63, 3.8) is 0 Å². The molecule has 0 spiro atoms. The zero-order valence-electron chi connectivity index (χ0n) is 17.8. The van der Waals surface area contributed by atoms with Crippen LogP contribution >= 0.6 is 23.2 Å². The minimum absolute atomic E-state index is 0.0929. The molecule has 164 valence electrons. The van der Waals surface area contributed by atoms with Gasteiger partial charge in [0.1, 0.15) is 0 Å². The highest BCUT2D eigenvalue weighted by atomic mass is 35.5. The topological polar surface area (TPSA) is 61.8 Å². The molecule has 0 unspecified atom stereocenters. The van der Waals surface area contributed by atoms with Crippen LogP contribution in [0.4, 0.5) is 0 Å². The number of benzene rings is 2. The standard InChI is InChI=1S/C24H22Cl2N4O2/c1-4-11-29-23(31)21-22(27-14-28(21)13-16-5-10-19(25)20(26)12-16)30(24(29)32)18-8-6-17(7-9-18)15(2)3/h4-10,12,14-15H,1,11,13H2,2-3H3. The Bertz CT molecular complexity index is 1430. The van der Waals surface area contributed by atoms with Crippen molar-refractivity contribution in [2.45, 2.75) is 32.9 Å². The monoisotopic (exact) mass is 468 g/mol. The molecular formula is C24H22Cl2N4O2. The first-order valence-electron chi connectivity index (χ1n) is 10.2. The van der Waals surface area contributed by atoms with Gasteiger partial charge >= 0.3 is 5.69 Å². The van der Waals surface area contributed by atoms with Crippen LogP contribution in [0.25, 0.3) is 16.9 Å². The highest BCUT2D eigenvalue weighted by molar-refractivity contribution is 6.42. The van der Waals surface area contributed by atoms with E-state index in [2.05, 4.69) is 25.4 Å². The smallest absolute Gasteiger partial charge is 0.320 e. The summed E-state index contributed by atoms with van der Waals surface area (Å²) in [6, 6.07) is 13.0. The van der Waals surface area contributed by atoms with Gasteiger partial charge in [0.15, 0.2) is 11.2 Å². The molecule has 2 aromatic carbocycles. The molecule has 32 heavy (non-hydrogen) atoms. The van der Waals surface area contributed by atoms with E-state index >= 15 is 0 Å². The van der Waals surface area contributed by atoms with Gasteiger partial charge in [-0.25, -0.2) is 14.3 Å². The third-order valence-electron chi connectivity index (χ3n) is 5.37. The lowest BCUT2D eigenvalue weighted by Gasteiger charge is -2.13. The van der Waals surface area contributed by atoms with E-state index in [1.54, 1.807) is 23.0 Å². The lowest BCUT2D eigenvalue weighted by molar-refractivity contribution is 0.690. The lowest BCUT2D eigenvalue weighted by Crippen LogP contribution is -2.39. The zero-order chi connectivity index (χ0) is 23.0. The number of imidazole rings is 1. The van der Waals surface area contributed by atoms with Gasteiger partial charge in [0.2, 0.25) is 0 Å². The summed E-state index contributed by atoms with van der Waals surface area (Å²) in [5, 5.41) is 0.887. The zero-order valence-corrected chi connectivity index (χ0v) is 19.3. The van der Waals surface area contributed by atoms with Gasteiger partial charge in [0.25, 0.3) is 5.56 Å². The largest absolute Gasteiger partial charge is 0.337 e. The van der Waals surface area contributed by atoms with E-state index in [0.29, 0.717) is 39.4 Å². The molecular weight excluding hydrogens is 447 g/mol. The van der Waals surface area contributed by atoms with E-state index in [0.717, 1.165) is 11.1 Å². The summed E-state index contributed by atoms with van der Waals surface area (Å²) in [4.78, 5) is 31.0. The summed E-state index contributed by atoms with van der Waals surface area (Å²) in [7, 11) is 0. The molecule has 0 radical (unpaired) electrons. The molecule has 8 heteroatoms. The first kappa shape index (κ1) is 22.1. The summed E-state index contributed by atoms with van der Waals surface area (Å²) in [6.07, 6.45) is 3.09. The van der Waals surface area contributed by atoms with Gasteiger partial charge in [-0.2, -0.15) is 0 Å². The average Bonchev–Trinajstić information content (AvgIpc) is 3.17. The molecule has 0 N–H and O–H groups in total. The number of halogens is 2. The minimum Gasteiger partial charge on any atom is -0.320 e. The molecule has 4 aromatic rings. The van der Waals surface area contributed by atoms with E-state index in [4.69, 9.17) is 23.2 Å². The van der Waals surface area contributed by atoms with Gasteiger partial charge in [-0.15, -0.1) is 6.58 Å². The van der Waals surface area contributed by atoms with Crippen molar-refractivity contribution in [3.8, 4) is 5.69 Å². The first-order valence-corrected chi connectivity index (χ1v) is 10.9. The van der Waals surface area contributed by atoms with E-state index in [1.165, 1.54) is 15.2 Å². The molecule has 0 saturated carbocycles. The van der Waals surface area contributed by atoms with Crippen molar-refractivity contribution >= 4 is 34.4 Å². The van der Waals surface area contributed by atoms with Crippen LogP contribution in [0.5, 0.6) is 0 Å². The van der Waals surface area contributed by atoms with Crippen LogP contribution in [0.3, 0.4) is 0 Å². The lowest BCUT2D eigenvalue weighted by atomic mass is 10.0. The summed E-state index contributed by atoms with van der Waals surface area (Å²) in [5.41, 5.74) is 2.40. The van der Waals surface area contributed by atoms with Gasteiger partial charge < -0.3 is 4.57 Å². The quantitative estimate of drug-likeness (QED) is 0.373. The van der Waals surface area contributed by atoms with Crippen molar-refractivity contribution < 1.29 is 0 Å². The van der Waals surface area contributed by atoms with E-state index < -0.39 is 11.2 Å². The van der Waals surface area contributed by atoms with E-state index in [1.807, 2.05) is 30.3 Å². The normalized spacial score (nSPS) is 11.4. The molecule has 2 heterocycles. The molecule has 0 aliphatic rings. The fraction of sp³-hybridized carbons (Fsp3) is 0.208. The number of hydrogen-bond acceptors (Lipinski definition) is 3. The Labute approximate surface area is 195 Å². The van der Waals surface area contributed by atoms with Crippen LogP contribution in [0, 0.1) is 0 Å². The fourth-order valence-electron chi connectivity index (χ4n) is 3.67. The van der Waals surface area contributed by atoms with Gasteiger partial charge in [0.05, 0.1) is 22.1 Å². The first-order chi connectivity index (χ1) is 15.3. The Balaban J connectivity index is 1.94.